The minimum absolute atomic E-state index is 0.124. The first-order chi connectivity index (χ1) is 18.1. The van der Waals surface area contributed by atoms with Crippen molar-refractivity contribution in [2.24, 2.45) is 0 Å². The fraction of sp³-hybridized carbons (Fsp3) is 0.355. The first kappa shape index (κ1) is 26.3. The molecule has 0 spiro atoms. The molecule has 6 nitrogen and oxygen atoms in total. The third-order valence-corrected chi connectivity index (χ3v) is 6.62. The van der Waals surface area contributed by atoms with Gasteiger partial charge in [-0.25, -0.2) is 0 Å². The van der Waals surface area contributed by atoms with Crippen molar-refractivity contribution in [2.75, 3.05) is 36.5 Å². The van der Waals surface area contributed by atoms with Gasteiger partial charge in [0.05, 0.1) is 12.2 Å². The molecule has 1 fully saturated rings. The van der Waals surface area contributed by atoms with Crippen LogP contribution < -0.4 is 20.3 Å². The number of unbranched alkanes of at least 4 members (excludes halogenated alkanes) is 1. The van der Waals surface area contributed by atoms with Crippen LogP contribution in [-0.2, 0) is 6.42 Å². The molecule has 0 radical (unpaired) electrons. The van der Waals surface area contributed by atoms with Gasteiger partial charge in [0.2, 0.25) is 0 Å². The summed E-state index contributed by atoms with van der Waals surface area (Å²) in [4.78, 5) is 28.5. The molecule has 0 bridgehead atoms. The fourth-order valence-corrected chi connectivity index (χ4v) is 4.51. The van der Waals surface area contributed by atoms with Crippen LogP contribution >= 0.6 is 0 Å². The second-order valence-corrected chi connectivity index (χ2v) is 9.45. The number of piperidine rings is 1. The van der Waals surface area contributed by atoms with Crippen LogP contribution in [0, 0.1) is 0 Å². The zero-order chi connectivity index (χ0) is 25.9. The van der Waals surface area contributed by atoms with E-state index in [1.54, 1.807) is 18.2 Å². The molecule has 1 aliphatic heterocycles. The predicted molar refractivity (Wildman–Crippen MR) is 150 cm³/mol. The van der Waals surface area contributed by atoms with E-state index in [1.165, 1.54) is 12.0 Å². The van der Waals surface area contributed by atoms with Crippen LogP contribution in [0.2, 0.25) is 0 Å². The van der Waals surface area contributed by atoms with Gasteiger partial charge < -0.3 is 20.3 Å². The Kier molecular flexibility index (Phi) is 9.58. The first-order valence-electron chi connectivity index (χ1n) is 13.4. The molecular formula is C31H37N3O3. The molecule has 0 unspecified atom stereocenters. The summed E-state index contributed by atoms with van der Waals surface area (Å²) < 4.78 is 5.69. The average Bonchev–Trinajstić information content (AvgIpc) is 2.94. The summed E-state index contributed by atoms with van der Waals surface area (Å²) >= 11 is 0. The van der Waals surface area contributed by atoms with Gasteiger partial charge in [0.15, 0.2) is 0 Å². The normalized spacial score (nSPS) is 13.2. The fourth-order valence-electron chi connectivity index (χ4n) is 4.51. The van der Waals surface area contributed by atoms with Crippen molar-refractivity contribution >= 4 is 23.2 Å². The van der Waals surface area contributed by atoms with Crippen LogP contribution in [0.1, 0.15) is 65.3 Å². The molecule has 4 rings (SSSR count). The minimum atomic E-state index is -0.221. The molecule has 1 saturated heterocycles. The summed E-state index contributed by atoms with van der Waals surface area (Å²) in [6.45, 7) is 5.20. The van der Waals surface area contributed by atoms with Crippen molar-refractivity contribution in [1.29, 1.82) is 0 Å². The summed E-state index contributed by atoms with van der Waals surface area (Å²) in [5.41, 5.74) is 3.83. The second-order valence-electron chi connectivity index (χ2n) is 9.45. The number of carbonyl (C=O) groups is 2. The number of ether oxygens (including phenoxy) is 1. The number of hydrogen-bond donors (Lipinski definition) is 2. The molecule has 37 heavy (non-hydrogen) atoms. The lowest BCUT2D eigenvalue weighted by molar-refractivity contribution is 0.0953. The summed E-state index contributed by atoms with van der Waals surface area (Å²) in [6.07, 6.45) is 6.28. The Hall–Kier alpha value is -3.80. The van der Waals surface area contributed by atoms with Crippen LogP contribution in [0.25, 0.3) is 0 Å². The van der Waals surface area contributed by atoms with E-state index in [0.717, 1.165) is 56.6 Å². The zero-order valence-corrected chi connectivity index (χ0v) is 21.7. The first-order valence-corrected chi connectivity index (χ1v) is 13.4. The summed E-state index contributed by atoms with van der Waals surface area (Å²) in [6, 6.07) is 22.9. The molecular weight excluding hydrogens is 462 g/mol. The molecule has 1 aliphatic rings. The predicted octanol–water partition coefficient (Wildman–Crippen LogP) is 6.08. The second kappa shape index (κ2) is 13.5. The van der Waals surface area contributed by atoms with Gasteiger partial charge in [-0.3, -0.25) is 9.59 Å². The summed E-state index contributed by atoms with van der Waals surface area (Å²) in [5, 5.41) is 6.03. The van der Waals surface area contributed by atoms with Gasteiger partial charge >= 0.3 is 0 Å². The highest BCUT2D eigenvalue weighted by molar-refractivity contribution is 6.06. The number of nitrogens with zero attached hydrogens (tertiary/aromatic N) is 1. The summed E-state index contributed by atoms with van der Waals surface area (Å²) in [7, 11) is 0. The number of carbonyl (C=O) groups excluding carboxylic acids is 2. The Bertz CT molecular complexity index is 1160. The number of rotatable bonds is 11. The van der Waals surface area contributed by atoms with Crippen LogP contribution in [0.15, 0.2) is 72.8 Å². The Morgan fingerprint density at radius 2 is 1.65 bits per heavy atom. The van der Waals surface area contributed by atoms with Crippen LogP contribution in [0.3, 0.4) is 0 Å². The minimum Gasteiger partial charge on any atom is -0.494 e. The quantitative estimate of drug-likeness (QED) is 0.314. The Balaban J connectivity index is 1.45. The SMILES string of the molecule is CCCCOc1ccc(C(=O)Nc2ccc(N3CCCCC3)c(C(=O)NCCc3ccccc3)c2)cc1. The van der Waals surface area contributed by atoms with Crippen molar-refractivity contribution in [1.82, 2.24) is 5.32 Å². The number of amides is 2. The average molecular weight is 500 g/mol. The standard InChI is InChI=1S/C31H37N3O3/c1-2-3-22-37-27-15-12-25(13-16-27)30(35)33-26-14-17-29(34-20-8-5-9-21-34)28(23-26)31(36)32-19-18-24-10-6-4-7-11-24/h4,6-7,10-17,23H,2-3,5,8-9,18-22H2,1H3,(H,32,36)(H,33,35). The molecule has 3 aromatic rings. The van der Waals surface area contributed by atoms with Gasteiger partial charge in [0.1, 0.15) is 5.75 Å². The van der Waals surface area contributed by atoms with Crippen molar-refractivity contribution in [3.8, 4) is 5.75 Å². The molecule has 6 heteroatoms. The van der Waals surface area contributed by atoms with E-state index in [-0.39, 0.29) is 11.8 Å². The number of nitrogens with one attached hydrogen (secondary N) is 2. The molecule has 0 atom stereocenters. The Morgan fingerprint density at radius 3 is 2.38 bits per heavy atom. The highest BCUT2D eigenvalue weighted by atomic mass is 16.5. The zero-order valence-electron chi connectivity index (χ0n) is 21.7. The van der Waals surface area contributed by atoms with Crippen LogP contribution in [-0.4, -0.2) is 38.1 Å². The number of hydrogen-bond acceptors (Lipinski definition) is 4. The van der Waals surface area contributed by atoms with Gasteiger partial charge in [0, 0.05) is 36.6 Å². The topological polar surface area (TPSA) is 70.7 Å². The maximum atomic E-state index is 13.3. The third kappa shape index (κ3) is 7.59. The monoisotopic (exact) mass is 499 g/mol. The van der Waals surface area contributed by atoms with E-state index in [1.807, 2.05) is 42.5 Å². The van der Waals surface area contributed by atoms with Gasteiger partial charge in [-0.1, -0.05) is 43.7 Å². The molecule has 1 heterocycles. The van der Waals surface area contributed by atoms with Crippen LogP contribution in [0.4, 0.5) is 11.4 Å². The lowest BCUT2D eigenvalue weighted by Crippen LogP contribution is -2.33. The van der Waals surface area contributed by atoms with Crippen LogP contribution in [0.5, 0.6) is 5.75 Å². The lowest BCUT2D eigenvalue weighted by atomic mass is 10.1. The van der Waals surface area contributed by atoms with Crippen molar-refractivity contribution < 1.29 is 14.3 Å². The van der Waals surface area contributed by atoms with Gasteiger partial charge in [-0.05, 0) is 80.1 Å². The van der Waals surface area contributed by atoms with Crippen molar-refractivity contribution in [3.05, 3.63) is 89.5 Å². The smallest absolute Gasteiger partial charge is 0.255 e. The molecule has 2 N–H and O–H groups in total. The van der Waals surface area contributed by atoms with Gasteiger partial charge in [-0.2, -0.15) is 0 Å². The van der Waals surface area contributed by atoms with E-state index < -0.39 is 0 Å². The highest BCUT2D eigenvalue weighted by Crippen LogP contribution is 2.28. The van der Waals surface area contributed by atoms with E-state index >= 15 is 0 Å². The largest absolute Gasteiger partial charge is 0.494 e. The maximum absolute atomic E-state index is 13.3. The lowest BCUT2D eigenvalue weighted by Gasteiger charge is -2.30. The van der Waals surface area contributed by atoms with Gasteiger partial charge in [0.25, 0.3) is 11.8 Å². The molecule has 0 saturated carbocycles. The van der Waals surface area contributed by atoms with E-state index in [4.69, 9.17) is 4.74 Å². The van der Waals surface area contributed by atoms with E-state index in [9.17, 15) is 9.59 Å². The molecule has 0 aromatic heterocycles. The third-order valence-electron chi connectivity index (χ3n) is 6.62. The number of anilines is 2. The molecule has 194 valence electrons. The van der Waals surface area contributed by atoms with Crippen molar-refractivity contribution in [3.63, 3.8) is 0 Å². The maximum Gasteiger partial charge on any atom is 0.255 e. The Morgan fingerprint density at radius 1 is 0.892 bits per heavy atom. The van der Waals surface area contributed by atoms with E-state index in [0.29, 0.717) is 30.0 Å². The molecule has 0 aliphatic carbocycles. The van der Waals surface area contributed by atoms with Gasteiger partial charge in [-0.15, -0.1) is 0 Å². The summed E-state index contributed by atoms with van der Waals surface area (Å²) in [5.74, 6) is 0.410. The molecule has 3 aromatic carbocycles. The highest BCUT2D eigenvalue weighted by Gasteiger charge is 2.20. The van der Waals surface area contributed by atoms with E-state index in [2.05, 4.69) is 34.6 Å². The number of benzene rings is 3. The molecule has 2 amide bonds. The Labute approximate surface area is 220 Å². The van der Waals surface area contributed by atoms with Crippen molar-refractivity contribution in [2.45, 2.75) is 45.4 Å².